The van der Waals surface area contributed by atoms with Gasteiger partial charge in [0.2, 0.25) is 0 Å². The van der Waals surface area contributed by atoms with Crippen LogP contribution in [0.2, 0.25) is 0 Å². The molecule has 3 nitrogen and oxygen atoms in total. The van der Waals surface area contributed by atoms with Crippen molar-refractivity contribution in [3.05, 3.63) is 59.2 Å². The van der Waals surface area contributed by atoms with E-state index in [-0.39, 0.29) is 0 Å². The number of aryl methyl sites for hydroxylation is 1. The van der Waals surface area contributed by atoms with Gasteiger partial charge >= 0.3 is 0 Å². The monoisotopic (exact) mass is 278 g/mol. The van der Waals surface area contributed by atoms with Crippen molar-refractivity contribution in [1.82, 2.24) is 0 Å². The molecule has 106 valence electrons. The molecule has 0 spiro atoms. The summed E-state index contributed by atoms with van der Waals surface area (Å²) in [6.07, 6.45) is 2.25. The molecule has 0 bridgehead atoms. The maximum atomic E-state index is 9.02. The summed E-state index contributed by atoms with van der Waals surface area (Å²) in [6, 6.07) is 16.3. The van der Waals surface area contributed by atoms with Gasteiger partial charge in [-0.3, -0.25) is 0 Å². The number of nitriles is 1. The van der Waals surface area contributed by atoms with E-state index in [0.717, 1.165) is 37.2 Å². The van der Waals surface area contributed by atoms with Crippen LogP contribution in [0.1, 0.15) is 23.1 Å². The van der Waals surface area contributed by atoms with E-state index >= 15 is 0 Å². The third-order valence-corrected chi connectivity index (χ3v) is 3.92. The summed E-state index contributed by atoms with van der Waals surface area (Å²) >= 11 is 0. The molecule has 0 saturated heterocycles. The second kappa shape index (κ2) is 5.88. The van der Waals surface area contributed by atoms with E-state index in [4.69, 9.17) is 10.00 Å². The molecule has 0 unspecified atom stereocenters. The van der Waals surface area contributed by atoms with Crippen molar-refractivity contribution in [2.75, 3.05) is 18.6 Å². The Labute approximate surface area is 125 Å². The number of methoxy groups -OCH3 is 1. The number of rotatable bonds is 3. The molecule has 2 aromatic rings. The smallest absolute Gasteiger partial charge is 0.142 e. The number of benzene rings is 2. The zero-order valence-electron chi connectivity index (χ0n) is 12.2. The number of anilines is 1. The highest BCUT2D eigenvalue weighted by Gasteiger charge is 2.20. The molecule has 0 aromatic heterocycles. The van der Waals surface area contributed by atoms with Crippen LogP contribution in [0.3, 0.4) is 0 Å². The lowest BCUT2D eigenvalue weighted by Crippen LogP contribution is -2.29. The van der Waals surface area contributed by atoms with Gasteiger partial charge < -0.3 is 9.64 Å². The molecular formula is C18H18N2O. The summed E-state index contributed by atoms with van der Waals surface area (Å²) in [5, 5.41) is 9.02. The Morgan fingerprint density at radius 2 is 2.10 bits per heavy atom. The highest BCUT2D eigenvalue weighted by atomic mass is 16.5. The molecule has 0 atom stereocenters. The number of ether oxygens (including phenoxy) is 1. The molecule has 3 rings (SSSR count). The van der Waals surface area contributed by atoms with Gasteiger partial charge in [0.15, 0.2) is 0 Å². The predicted molar refractivity (Wildman–Crippen MR) is 83.5 cm³/mol. The van der Waals surface area contributed by atoms with Crippen LogP contribution in [-0.4, -0.2) is 13.7 Å². The molecule has 0 fully saturated rings. The third kappa shape index (κ3) is 2.71. The molecule has 1 aliphatic rings. The van der Waals surface area contributed by atoms with Crippen LogP contribution < -0.4 is 9.64 Å². The second-order valence-corrected chi connectivity index (χ2v) is 5.31. The Balaban J connectivity index is 1.93. The van der Waals surface area contributed by atoms with Crippen molar-refractivity contribution in [1.29, 1.82) is 5.26 Å². The van der Waals surface area contributed by atoms with Crippen LogP contribution >= 0.6 is 0 Å². The van der Waals surface area contributed by atoms with E-state index < -0.39 is 0 Å². The van der Waals surface area contributed by atoms with Crippen molar-refractivity contribution < 1.29 is 4.74 Å². The Hall–Kier alpha value is -2.47. The fraction of sp³-hybridized carbons (Fsp3) is 0.278. The molecule has 1 heterocycles. The number of fused-ring (bicyclic) bond motifs is 1. The van der Waals surface area contributed by atoms with Crippen LogP contribution in [-0.2, 0) is 13.0 Å². The summed E-state index contributed by atoms with van der Waals surface area (Å²) in [7, 11) is 1.72. The van der Waals surface area contributed by atoms with E-state index in [1.54, 1.807) is 7.11 Å². The highest BCUT2D eigenvalue weighted by Crippen LogP contribution is 2.36. The van der Waals surface area contributed by atoms with Crippen molar-refractivity contribution in [2.45, 2.75) is 19.4 Å². The van der Waals surface area contributed by atoms with E-state index in [1.165, 1.54) is 11.3 Å². The highest BCUT2D eigenvalue weighted by molar-refractivity contribution is 5.65. The zero-order chi connectivity index (χ0) is 14.7. The van der Waals surface area contributed by atoms with Gasteiger partial charge in [-0.1, -0.05) is 24.3 Å². The van der Waals surface area contributed by atoms with Gasteiger partial charge in [-0.15, -0.1) is 0 Å². The average molecular weight is 278 g/mol. The normalized spacial score (nSPS) is 13.4. The van der Waals surface area contributed by atoms with Gasteiger partial charge in [-0.2, -0.15) is 5.26 Å². The largest absolute Gasteiger partial charge is 0.495 e. The van der Waals surface area contributed by atoms with Crippen LogP contribution in [0.5, 0.6) is 5.75 Å². The second-order valence-electron chi connectivity index (χ2n) is 5.31. The summed E-state index contributed by atoms with van der Waals surface area (Å²) in [6.45, 7) is 1.83. The van der Waals surface area contributed by atoms with E-state index in [0.29, 0.717) is 5.56 Å². The number of hydrogen-bond acceptors (Lipinski definition) is 3. The first kappa shape index (κ1) is 13.5. The SMILES string of the molecule is COc1cccc2c1N(Cc1cccc(C#N)c1)CCC2. The molecule has 0 N–H and O–H groups in total. The molecule has 3 heteroatoms. The minimum atomic E-state index is 0.713. The molecule has 0 radical (unpaired) electrons. The molecule has 0 saturated carbocycles. The predicted octanol–water partition coefficient (Wildman–Crippen LogP) is 3.52. The van der Waals surface area contributed by atoms with Gasteiger partial charge in [0.1, 0.15) is 5.75 Å². The molecule has 21 heavy (non-hydrogen) atoms. The summed E-state index contributed by atoms with van der Waals surface area (Å²) in [5.74, 6) is 0.934. The lowest BCUT2D eigenvalue weighted by atomic mass is 10.00. The molecule has 1 aliphatic heterocycles. The first-order valence-corrected chi connectivity index (χ1v) is 7.21. The van der Waals surface area contributed by atoms with Crippen LogP contribution in [0.4, 0.5) is 5.69 Å². The number of hydrogen-bond donors (Lipinski definition) is 0. The number of para-hydroxylation sites is 1. The molecule has 2 aromatic carbocycles. The Morgan fingerprint density at radius 3 is 2.90 bits per heavy atom. The maximum absolute atomic E-state index is 9.02. The van der Waals surface area contributed by atoms with Crippen molar-refractivity contribution in [3.8, 4) is 11.8 Å². The molecule has 0 amide bonds. The average Bonchev–Trinajstić information content (AvgIpc) is 2.54. The summed E-state index contributed by atoms with van der Waals surface area (Å²) in [5.41, 5.74) is 4.42. The molecular weight excluding hydrogens is 260 g/mol. The third-order valence-electron chi connectivity index (χ3n) is 3.92. The topological polar surface area (TPSA) is 36.3 Å². The summed E-state index contributed by atoms with van der Waals surface area (Å²) < 4.78 is 5.53. The quantitative estimate of drug-likeness (QED) is 0.862. The Bertz CT molecular complexity index is 674. The summed E-state index contributed by atoms with van der Waals surface area (Å²) in [4.78, 5) is 2.36. The van der Waals surface area contributed by atoms with E-state index in [2.05, 4.69) is 29.2 Å². The standard InChI is InChI=1S/C18H18N2O/c1-21-17-9-3-7-16-8-4-10-20(18(16)17)13-15-6-2-5-14(11-15)12-19/h2-3,5-7,9,11H,4,8,10,13H2,1H3. The van der Waals surface area contributed by atoms with Crippen LogP contribution in [0.15, 0.2) is 42.5 Å². The van der Waals surface area contributed by atoms with Crippen molar-refractivity contribution in [2.24, 2.45) is 0 Å². The lowest BCUT2D eigenvalue weighted by molar-refractivity contribution is 0.412. The maximum Gasteiger partial charge on any atom is 0.142 e. The number of nitrogens with zero attached hydrogens (tertiary/aromatic N) is 2. The Kier molecular flexibility index (Phi) is 3.79. The lowest BCUT2D eigenvalue weighted by Gasteiger charge is -2.32. The van der Waals surface area contributed by atoms with Gasteiger partial charge in [0.25, 0.3) is 0 Å². The van der Waals surface area contributed by atoms with Crippen molar-refractivity contribution in [3.63, 3.8) is 0 Å². The van der Waals surface area contributed by atoms with Gasteiger partial charge in [0.05, 0.1) is 24.4 Å². The van der Waals surface area contributed by atoms with Crippen LogP contribution in [0.25, 0.3) is 0 Å². The van der Waals surface area contributed by atoms with Gasteiger partial charge in [-0.05, 0) is 42.2 Å². The fourth-order valence-electron chi connectivity index (χ4n) is 2.98. The fourth-order valence-corrected chi connectivity index (χ4v) is 2.98. The molecule has 0 aliphatic carbocycles. The van der Waals surface area contributed by atoms with E-state index in [1.807, 2.05) is 24.3 Å². The van der Waals surface area contributed by atoms with Crippen molar-refractivity contribution >= 4 is 5.69 Å². The minimum Gasteiger partial charge on any atom is -0.495 e. The zero-order valence-corrected chi connectivity index (χ0v) is 12.2. The van der Waals surface area contributed by atoms with Gasteiger partial charge in [0, 0.05) is 13.1 Å². The Morgan fingerprint density at radius 1 is 1.24 bits per heavy atom. The van der Waals surface area contributed by atoms with Gasteiger partial charge in [-0.25, -0.2) is 0 Å². The first-order valence-electron chi connectivity index (χ1n) is 7.21. The minimum absolute atomic E-state index is 0.713. The first-order chi connectivity index (χ1) is 10.3. The van der Waals surface area contributed by atoms with E-state index in [9.17, 15) is 0 Å². The van der Waals surface area contributed by atoms with Crippen LogP contribution in [0, 0.1) is 11.3 Å².